The number of halogens is 1. The molecule has 1 N–H and O–H groups in total. The van der Waals surface area contributed by atoms with Crippen LogP contribution in [0.15, 0.2) is 30.5 Å². The summed E-state index contributed by atoms with van der Waals surface area (Å²) in [5.41, 5.74) is 2.22. The number of fused-ring (bicyclic) bond motifs is 1. The van der Waals surface area contributed by atoms with Crippen LogP contribution in [-0.4, -0.2) is 40.5 Å². The third-order valence-electron chi connectivity index (χ3n) is 5.12. The average Bonchev–Trinajstić information content (AvgIpc) is 2.73. The van der Waals surface area contributed by atoms with Gasteiger partial charge in [-0.2, -0.15) is 0 Å². The summed E-state index contributed by atoms with van der Waals surface area (Å²) in [5.74, 6) is 0.790. The van der Waals surface area contributed by atoms with Crippen LogP contribution in [0.1, 0.15) is 42.4 Å². The fraction of sp³-hybridized carbons (Fsp3) is 0.450. The Labute approximate surface area is 157 Å². The normalized spacial score (nSPS) is 19.4. The van der Waals surface area contributed by atoms with Crippen molar-refractivity contribution in [2.24, 2.45) is 0 Å². The number of benzene rings is 1. The molecule has 7 heteroatoms. The van der Waals surface area contributed by atoms with Gasteiger partial charge in [0.2, 0.25) is 0 Å². The second-order valence-corrected chi connectivity index (χ2v) is 6.97. The van der Waals surface area contributed by atoms with E-state index in [2.05, 4.69) is 10.3 Å². The molecule has 142 valence electrons. The molecule has 2 aliphatic rings. The van der Waals surface area contributed by atoms with Gasteiger partial charge in [-0.25, -0.2) is 14.4 Å². The van der Waals surface area contributed by atoms with Gasteiger partial charge in [0.1, 0.15) is 11.6 Å². The van der Waals surface area contributed by atoms with Crippen molar-refractivity contribution in [3.05, 3.63) is 53.4 Å². The summed E-state index contributed by atoms with van der Waals surface area (Å²) in [6, 6.07) is 5.58. The zero-order valence-corrected chi connectivity index (χ0v) is 15.2. The molecule has 2 aromatic rings. The molecule has 0 spiro atoms. The molecule has 0 saturated carbocycles. The van der Waals surface area contributed by atoms with Crippen molar-refractivity contribution in [2.45, 2.75) is 38.3 Å². The molecule has 1 aromatic heterocycles. The van der Waals surface area contributed by atoms with Gasteiger partial charge in [-0.15, -0.1) is 0 Å². The molecule has 6 nitrogen and oxygen atoms in total. The van der Waals surface area contributed by atoms with Crippen molar-refractivity contribution in [3.8, 4) is 5.75 Å². The Kier molecular flexibility index (Phi) is 5.29. The highest BCUT2D eigenvalue weighted by Gasteiger charge is 2.30. The fourth-order valence-corrected chi connectivity index (χ4v) is 3.67. The number of hydrogen-bond acceptors (Lipinski definition) is 5. The molecule has 0 radical (unpaired) electrons. The van der Waals surface area contributed by atoms with E-state index in [1.807, 2.05) is 11.1 Å². The molecule has 1 atom stereocenters. The zero-order chi connectivity index (χ0) is 18.6. The number of likely N-dealkylation sites (tertiary alicyclic amines) is 1. The SMILES string of the molecule is O=C(COc1ccc(F)cc1)N1CCCCC1c1ncc2c(n1)CCNC2. The summed E-state index contributed by atoms with van der Waals surface area (Å²) in [7, 11) is 0. The second-order valence-electron chi connectivity index (χ2n) is 6.97. The number of carbonyl (C=O) groups is 1. The van der Waals surface area contributed by atoms with Gasteiger partial charge < -0.3 is 15.0 Å². The summed E-state index contributed by atoms with van der Waals surface area (Å²) >= 11 is 0. The first-order chi connectivity index (χ1) is 13.2. The number of amides is 1. The number of aromatic nitrogens is 2. The van der Waals surface area contributed by atoms with Gasteiger partial charge in [0.15, 0.2) is 12.4 Å². The maximum absolute atomic E-state index is 13.0. The number of carbonyl (C=O) groups excluding carboxylic acids is 1. The lowest BCUT2D eigenvalue weighted by Gasteiger charge is -2.35. The molecule has 1 aromatic carbocycles. The highest BCUT2D eigenvalue weighted by Crippen LogP contribution is 2.29. The molecule has 1 unspecified atom stereocenters. The molecule has 2 aliphatic heterocycles. The lowest BCUT2D eigenvalue weighted by atomic mass is 10.0. The summed E-state index contributed by atoms with van der Waals surface area (Å²) in [5, 5.41) is 3.32. The standard InChI is InChI=1S/C20H23FN4O2/c21-15-4-6-16(7-5-15)27-13-19(26)25-10-2-1-3-18(25)20-23-12-14-11-22-9-8-17(14)24-20/h4-7,12,18,22H,1-3,8-11,13H2. The van der Waals surface area contributed by atoms with E-state index in [-0.39, 0.29) is 24.4 Å². The summed E-state index contributed by atoms with van der Waals surface area (Å²) in [6.45, 7) is 2.33. The molecule has 0 bridgehead atoms. The third kappa shape index (κ3) is 4.08. The molecule has 1 fully saturated rings. The maximum atomic E-state index is 13.0. The lowest BCUT2D eigenvalue weighted by molar-refractivity contribution is -0.137. The van der Waals surface area contributed by atoms with Gasteiger partial charge in [0, 0.05) is 43.5 Å². The Balaban J connectivity index is 1.46. The van der Waals surface area contributed by atoms with Gasteiger partial charge >= 0.3 is 0 Å². The molecule has 1 amide bonds. The van der Waals surface area contributed by atoms with E-state index < -0.39 is 0 Å². The quantitative estimate of drug-likeness (QED) is 0.895. The zero-order valence-electron chi connectivity index (χ0n) is 15.2. The largest absolute Gasteiger partial charge is 0.484 e. The van der Waals surface area contributed by atoms with Crippen LogP contribution in [0.5, 0.6) is 5.75 Å². The van der Waals surface area contributed by atoms with Crippen molar-refractivity contribution in [2.75, 3.05) is 19.7 Å². The number of ether oxygens (including phenoxy) is 1. The summed E-state index contributed by atoms with van der Waals surface area (Å²) < 4.78 is 18.5. The van der Waals surface area contributed by atoms with Gasteiger partial charge in [-0.1, -0.05) is 0 Å². The van der Waals surface area contributed by atoms with E-state index in [9.17, 15) is 9.18 Å². The summed E-state index contributed by atoms with van der Waals surface area (Å²) in [6.07, 6.45) is 5.65. The molecular weight excluding hydrogens is 347 g/mol. The number of piperidine rings is 1. The van der Waals surface area contributed by atoms with Crippen LogP contribution < -0.4 is 10.1 Å². The van der Waals surface area contributed by atoms with E-state index in [0.717, 1.165) is 55.9 Å². The van der Waals surface area contributed by atoms with E-state index in [4.69, 9.17) is 9.72 Å². The van der Waals surface area contributed by atoms with E-state index >= 15 is 0 Å². The first-order valence-corrected chi connectivity index (χ1v) is 9.44. The Hall–Kier alpha value is -2.54. The minimum absolute atomic E-state index is 0.0724. The predicted octanol–water partition coefficient (Wildman–Crippen LogP) is 2.39. The van der Waals surface area contributed by atoms with Gasteiger partial charge in [-0.05, 0) is 43.5 Å². The molecule has 27 heavy (non-hydrogen) atoms. The van der Waals surface area contributed by atoms with E-state index in [0.29, 0.717) is 12.3 Å². The van der Waals surface area contributed by atoms with Gasteiger partial charge in [0.25, 0.3) is 5.91 Å². The van der Waals surface area contributed by atoms with Crippen LogP contribution in [0.25, 0.3) is 0 Å². The van der Waals surface area contributed by atoms with Crippen molar-refractivity contribution in [3.63, 3.8) is 0 Å². The van der Waals surface area contributed by atoms with Crippen LogP contribution in [0, 0.1) is 5.82 Å². The topological polar surface area (TPSA) is 67.3 Å². The summed E-state index contributed by atoms with van der Waals surface area (Å²) in [4.78, 5) is 23.9. The number of nitrogens with one attached hydrogen (secondary N) is 1. The Morgan fingerprint density at radius 2 is 2.15 bits per heavy atom. The van der Waals surface area contributed by atoms with E-state index in [1.54, 1.807) is 0 Å². The Morgan fingerprint density at radius 3 is 3.00 bits per heavy atom. The van der Waals surface area contributed by atoms with Crippen molar-refractivity contribution in [1.29, 1.82) is 0 Å². The number of hydrogen-bond donors (Lipinski definition) is 1. The minimum Gasteiger partial charge on any atom is -0.484 e. The van der Waals surface area contributed by atoms with E-state index in [1.165, 1.54) is 24.3 Å². The lowest BCUT2D eigenvalue weighted by Crippen LogP contribution is -2.42. The molecule has 4 rings (SSSR count). The van der Waals surface area contributed by atoms with Crippen molar-refractivity contribution < 1.29 is 13.9 Å². The highest BCUT2D eigenvalue weighted by atomic mass is 19.1. The molecule has 1 saturated heterocycles. The van der Waals surface area contributed by atoms with Crippen LogP contribution in [0.3, 0.4) is 0 Å². The van der Waals surface area contributed by atoms with Crippen LogP contribution >= 0.6 is 0 Å². The Bertz CT molecular complexity index is 812. The van der Waals surface area contributed by atoms with Gasteiger partial charge in [0.05, 0.1) is 6.04 Å². The molecule has 0 aliphatic carbocycles. The number of nitrogens with zero attached hydrogens (tertiary/aromatic N) is 3. The fourth-order valence-electron chi connectivity index (χ4n) is 3.67. The molecular formula is C20H23FN4O2. The number of rotatable bonds is 4. The van der Waals surface area contributed by atoms with Gasteiger partial charge in [-0.3, -0.25) is 4.79 Å². The van der Waals surface area contributed by atoms with Crippen molar-refractivity contribution in [1.82, 2.24) is 20.2 Å². The highest BCUT2D eigenvalue weighted by molar-refractivity contribution is 5.78. The maximum Gasteiger partial charge on any atom is 0.261 e. The van der Waals surface area contributed by atoms with Crippen LogP contribution in [0.2, 0.25) is 0 Å². The smallest absolute Gasteiger partial charge is 0.261 e. The van der Waals surface area contributed by atoms with Crippen LogP contribution in [-0.2, 0) is 17.8 Å². The first-order valence-electron chi connectivity index (χ1n) is 9.44. The predicted molar refractivity (Wildman–Crippen MR) is 97.6 cm³/mol. The van der Waals surface area contributed by atoms with Crippen LogP contribution in [0.4, 0.5) is 4.39 Å². The third-order valence-corrected chi connectivity index (χ3v) is 5.12. The Morgan fingerprint density at radius 1 is 1.30 bits per heavy atom. The van der Waals surface area contributed by atoms with Crippen molar-refractivity contribution >= 4 is 5.91 Å². The monoisotopic (exact) mass is 370 g/mol. The average molecular weight is 370 g/mol. The molecule has 3 heterocycles. The second kappa shape index (κ2) is 8.00. The first kappa shape index (κ1) is 17.9. The minimum atomic E-state index is -0.329.